The number of halogens is 2. The summed E-state index contributed by atoms with van der Waals surface area (Å²) in [6, 6.07) is 17.6. The highest BCUT2D eigenvalue weighted by atomic mass is 32.2. The molecule has 6 nitrogen and oxygen atoms in total. The third-order valence-corrected chi connectivity index (χ3v) is 5.69. The van der Waals surface area contributed by atoms with Gasteiger partial charge in [-0.2, -0.15) is 4.39 Å². The highest BCUT2D eigenvalue weighted by Gasteiger charge is 2.32. The number of nitrogens with zero attached hydrogens (tertiary/aromatic N) is 3. The Labute approximate surface area is 190 Å². The molecule has 4 rings (SSSR count). The summed E-state index contributed by atoms with van der Waals surface area (Å²) in [6.07, 6.45) is 5.64. The zero-order valence-corrected chi connectivity index (χ0v) is 18.4. The molecule has 33 heavy (non-hydrogen) atoms. The van der Waals surface area contributed by atoms with Crippen LogP contribution in [0.5, 0.6) is 0 Å². The smallest absolute Gasteiger partial charge is 0.230 e. The lowest BCUT2D eigenvalue weighted by molar-refractivity contribution is 0.540. The van der Waals surface area contributed by atoms with Gasteiger partial charge in [0.05, 0.1) is 11.9 Å². The van der Waals surface area contributed by atoms with Gasteiger partial charge in [0, 0.05) is 36.0 Å². The van der Waals surface area contributed by atoms with Crippen molar-refractivity contribution in [2.45, 2.75) is 11.8 Å². The highest BCUT2D eigenvalue weighted by molar-refractivity contribution is 7.92. The summed E-state index contributed by atoms with van der Waals surface area (Å²) in [4.78, 5) is 12.5. The fourth-order valence-electron chi connectivity index (χ4n) is 3.82. The Hall–Kier alpha value is -3.72. The van der Waals surface area contributed by atoms with Crippen LogP contribution in [0.15, 0.2) is 85.3 Å². The van der Waals surface area contributed by atoms with Gasteiger partial charge in [-0.1, -0.05) is 30.3 Å². The Bertz CT molecular complexity index is 1350. The Morgan fingerprint density at radius 2 is 1.61 bits per heavy atom. The van der Waals surface area contributed by atoms with Gasteiger partial charge in [0.25, 0.3) is 0 Å². The van der Waals surface area contributed by atoms with E-state index in [0.717, 1.165) is 6.26 Å². The summed E-state index contributed by atoms with van der Waals surface area (Å²) >= 11 is 0. The summed E-state index contributed by atoms with van der Waals surface area (Å²) in [5, 5.41) is 0. The molecule has 0 spiro atoms. The standard InChI is InChI=1S/C24H20F2N4O2S/c1-33(31,32)30-21-8-2-7-20(29-21)23(16-9-11-18(25)12-10-16)22(17-5-3-13-27-15-17)19-6-4-14-28-24(19)26/h2-15,22-23H,1H3,(H,29,30). The molecule has 2 atom stereocenters. The minimum atomic E-state index is -3.56. The number of sulfonamides is 1. The lowest BCUT2D eigenvalue weighted by Gasteiger charge is -2.28. The molecule has 0 fully saturated rings. The molecular weight excluding hydrogens is 446 g/mol. The molecule has 9 heteroatoms. The van der Waals surface area contributed by atoms with E-state index >= 15 is 0 Å². The molecule has 3 heterocycles. The van der Waals surface area contributed by atoms with E-state index in [0.29, 0.717) is 22.4 Å². The Morgan fingerprint density at radius 3 is 2.27 bits per heavy atom. The lowest BCUT2D eigenvalue weighted by atomic mass is 9.76. The predicted molar refractivity (Wildman–Crippen MR) is 121 cm³/mol. The largest absolute Gasteiger partial charge is 0.268 e. The topological polar surface area (TPSA) is 84.8 Å². The van der Waals surface area contributed by atoms with Gasteiger partial charge in [-0.3, -0.25) is 9.71 Å². The van der Waals surface area contributed by atoms with Crippen molar-refractivity contribution < 1.29 is 17.2 Å². The van der Waals surface area contributed by atoms with Gasteiger partial charge in [0.15, 0.2) is 0 Å². The van der Waals surface area contributed by atoms with Crippen LogP contribution in [0.4, 0.5) is 14.6 Å². The van der Waals surface area contributed by atoms with Gasteiger partial charge in [-0.05, 0) is 47.5 Å². The van der Waals surface area contributed by atoms with Crippen molar-refractivity contribution in [3.8, 4) is 0 Å². The van der Waals surface area contributed by atoms with E-state index in [2.05, 4.69) is 19.7 Å². The Morgan fingerprint density at radius 1 is 0.848 bits per heavy atom. The van der Waals surface area contributed by atoms with E-state index in [4.69, 9.17) is 0 Å². The molecule has 2 unspecified atom stereocenters. The number of benzene rings is 1. The van der Waals surface area contributed by atoms with Crippen LogP contribution in [0, 0.1) is 11.8 Å². The van der Waals surface area contributed by atoms with Crippen molar-refractivity contribution in [3.63, 3.8) is 0 Å². The molecule has 168 valence electrons. The molecule has 0 saturated carbocycles. The maximum Gasteiger partial charge on any atom is 0.230 e. The summed E-state index contributed by atoms with van der Waals surface area (Å²) in [5.41, 5.74) is 2.13. The third-order valence-electron chi connectivity index (χ3n) is 5.11. The zero-order chi connectivity index (χ0) is 23.4. The molecule has 0 amide bonds. The Balaban J connectivity index is 1.96. The average Bonchev–Trinajstić information content (AvgIpc) is 2.79. The van der Waals surface area contributed by atoms with Crippen molar-refractivity contribution >= 4 is 15.8 Å². The van der Waals surface area contributed by atoms with Gasteiger partial charge in [0.1, 0.15) is 11.6 Å². The van der Waals surface area contributed by atoms with E-state index in [9.17, 15) is 17.2 Å². The maximum absolute atomic E-state index is 15.0. The first-order valence-corrected chi connectivity index (χ1v) is 11.9. The number of hydrogen-bond donors (Lipinski definition) is 1. The molecule has 4 aromatic rings. The zero-order valence-electron chi connectivity index (χ0n) is 17.6. The second kappa shape index (κ2) is 9.41. The second-order valence-corrected chi connectivity index (χ2v) is 9.25. The second-order valence-electron chi connectivity index (χ2n) is 7.50. The molecule has 0 radical (unpaired) electrons. The van der Waals surface area contributed by atoms with Crippen LogP contribution in [0.25, 0.3) is 0 Å². The SMILES string of the molecule is CS(=O)(=O)Nc1cccc(C(c2ccc(F)cc2)C(c2cccnc2)c2cccnc2F)n1. The molecule has 0 aliphatic carbocycles. The van der Waals surface area contributed by atoms with Gasteiger partial charge >= 0.3 is 0 Å². The summed E-state index contributed by atoms with van der Waals surface area (Å²) in [5.74, 6) is -2.17. The van der Waals surface area contributed by atoms with Gasteiger partial charge < -0.3 is 0 Å². The summed E-state index contributed by atoms with van der Waals surface area (Å²) in [7, 11) is -3.56. The van der Waals surface area contributed by atoms with Crippen molar-refractivity contribution in [1.29, 1.82) is 0 Å². The summed E-state index contributed by atoms with van der Waals surface area (Å²) in [6.45, 7) is 0. The molecule has 0 aliphatic rings. The Kier molecular flexibility index (Phi) is 6.41. The first kappa shape index (κ1) is 22.5. The van der Waals surface area contributed by atoms with Crippen molar-refractivity contribution in [3.05, 3.63) is 119 Å². The van der Waals surface area contributed by atoms with Gasteiger partial charge in [0.2, 0.25) is 16.0 Å². The van der Waals surface area contributed by atoms with Crippen LogP contribution in [-0.4, -0.2) is 29.6 Å². The minimum absolute atomic E-state index is 0.124. The van der Waals surface area contributed by atoms with Crippen LogP contribution in [0.3, 0.4) is 0 Å². The van der Waals surface area contributed by atoms with Crippen molar-refractivity contribution in [1.82, 2.24) is 15.0 Å². The van der Waals surface area contributed by atoms with Gasteiger partial charge in [-0.25, -0.2) is 22.8 Å². The fraction of sp³-hybridized carbons (Fsp3) is 0.125. The number of anilines is 1. The summed E-state index contributed by atoms with van der Waals surface area (Å²) < 4.78 is 54.6. The van der Waals surface area contributed by atoms with Crippen LogP contribution in [0.1, 0.15) is 34.2 Å². The number of pyridine rings is 3. The minimum Gasteiger partial charge on any atom is -0.268 e. The van der Waals surface area contributed by atoms with Crippen molar-refractivity contribution in [2.75, 3.05) is 11.0 Å². The van der Waals surface area contributed by atoms with Crippen LogP contribution in [0.2, 0.25) is 0 Å². The van der Waals surface area contributed by atoms with E-state index in [1.807, 2.05) is 6.07 Å². The molecule has 0 bridgehead atoms. The van der Waals surface area contributed by atoms with E-state index in [1.54, 1.807) is 54.9 Å². The first-order valence-electron chi connectivity index (χ1n) is 10.0. The number of aromatic nitrogens is 3. The van der Waals surface area contributed by atoms with E-state index in [1.165, 1.54) is 24.4 Å². The van der Waals surface area contributed by atoms with E-state index in [-0.39, 0.29) is 5.82 Å². The molecule has 3 aromatic heterocycles. The van der Waals surface area contributed by atoms with Crippen molar-refractivity contribution in [2.24, 2.45) is 0 Å². The fourth-order valence-corrected chi connectivity index (χ4v) is 4.31. The van der Waals surface area contributed by atoms with Crippen LogP contribution in [-0.2, 0) is 10.0 Å². The molecule has 1 aromatic carbocycles. The van der Waals surface area contributed by atoms with Gasteiger partial charge in [-0.15, -0.1) is 0 Å². The van der Waals surface area contributed by atoms with Crippen LogP contribution < -0.4 is 4.72 Å². The third kappa shape index (κ3) is 5.38. The molecule has 0 aliphatic heterocycles. The lowest BCUT2D eigenvalue weighted by Crippen LogP contribution is -2.19. The van der Waals surface area contributed by atoms with E-state index < -0.39 is 33.6 Å². The van der Waals surface area contributed by atoms with Crippen LogP contribution >= 0.6 is 0 Å². The molecule has 1 N–H and O–H groups in total. The highest BCUT2D eigenvalue weighted by Crippen LogP contribution is 2.42. The number of rotatable bonds is 7. The molecule has 0 saturated heterocycles. The number of nitrogens with one attached hydrogen (secondary N) is 1. The quantitative estimate of drug-likeness (QED) is 0.406. The first-order chi connectivity index (χ1) is 15.8. The molecular formula is C24H20F2N4O2S. The maximum atomic E-state index is 15.0. The number of hydrogen-bond acceptors (Lipinski definition) is 5. The monoisotopic (exact) mass is 466 g/mol. The normalized spacial score (nSPS) is 13.3. The average molecular weight is 467 g/mol. The predicted octanol–water partition coefficient (Wildman–Crippen LogP) is 4.49.